The Kier molecular flexibility index (Phi) is 7.36. The van der Waals surface area contributed by atoms with Crippen molar-refractivity contribution in [3.63, 3.8) is 0 Å². The summed E-state index contributed by atoms with van der Waals surface area (Å²) < 4.78 is 13.2. The zero-order valence-corrected chi connectivity index (χ0v) is 12.8. The average Bonchev–Trinajstić information content (AvgIpc) is 2.42. The van der Waals surface area contributed by atoms with Crippen molar-refractivity contribution in [3.05, 3.63) is 34.6 Å². The SMILES string of the molecule is CCN(CC)CCC(Cc1cc(F)ccc1Cl)NC. The largest absolute Gasteiger partial charge is 0.317 e. The second-order valence-electron chi connectivity index (χ2n) is 4.74. The summed E-state index contributed by atoms with van der Waals surface area (Å²) in [7, 11) is 1.94. The molecule has 0 fully saturated rings. The highest BCUT2D eigenvalue weighted by Crippen LogP contribution is 2.19. The van der Waals surface area contributed by atoms with E-state index in [4.69, 9.17) is 11.6 Å². The van der Waals surface area contributed by atoms with Crippen LogP contribution in [0.4, 0.5) is 4.39 Å². The van der Waals surface area contributed by atoms with Gasteiger partial charge < -0.3 is 10.2 Å². The van der Waals surface area contributed by atoms with E-state index in [1.807, 2.05) is 7.05 Å². The van der Waals surface area contributed by atoms with Gasteiger partial charge in [-0.2, -0.15) is 0 Å². The van der Waals surface area contributed by atoms with Crippen molar-refractivity contribution < 1.29 is 4.39 Å². The first-order valence-corrected chi connectivity index (χ1v) is 7.32. The molecule has 0 aliphatic rings. The number of hydrogen-bond acceptors (Lipinski definition) is 2. The molecule has 1 N–H and O–H groups in total. The van der Waals surface area contributed by atoms with Gasteiger partial charge in [0.25, 0.3) is 0 Å². The number of hydrogen-bond donors (Lipinski definition) is 1. The van der Waals surface area contributed by atoms with Crippen LogP contribution in [0.5, 0.6) is 0 Å². The maximum absolute atomic E-state index is 13.2. The van der Waals surface area contributed by atoms with Crippen LogP contribution >= 0.6 is 11.6 Å². The van der Waals surface area contributed by atoms with E-state index in [-0.39, 0.29) is 5.82 Å². The second-order valence-corrected chi connectivity index (χ2v) is 5.15. The third-order valence-corrected chi connectivity index (χ3v) is 3.94. The van der Waals surface area contributed by atoms with Gasteiger partial charge in [0.1, 0.15) is 5.82 Å². The Balaban J connectivity index is 2.58. The Hall–Kier alpha value is -0.640. The van der Waals surface area contributed by atoms with E-state index in [1.165, 1.54) is 12.1 Å². The van der Waals surface area contributed by atoms with E-state index >= 15 is 0 Å². The van der Waals surface area contributed by atoms with Crippen LogP contribution in [0.25, 0.3) is 0 Å². The van der Waals surface area contributed by atoms with E-state index in [0.717, 1.165) is 38.0 Å². The highest BCUT2D eigenvalue weighted by Gasteiger charge is 2.12. The maximum Gasteiger partial charge on any atom is 0.123 e. The number of rotatable bonds is 8. The van der Waals surface area contributed by atoms with Gasteiger partial charge in [-0.05, 0) is 63.3 Å². The number of likely N-dealkylation sites (N-methyl/N-ethyl adjacent to an activating group) is 1. The van der Waals surface area contributed by atoms with Gasteiger partial charge in [0.05, 0.1) is 0 Å². The summed E-state index contributed by atoms with van der Waals surface area (Å²) in [6, 6.07) is 4.88. The van der Waals surface area contributed by atoms with Crippen LogP contribution in [0.1, 0.15) is 25.8 Å². The van der Waals surface area contributed by atoms with Crippen LogP contribution in [0.15, 0.2) is 18.2 Å². The molecule has 19 heavy (non-hydrogen) atoms. The summed E-state index contributed by atoms with van der Waals surface area (Å²) in [5.74, 6) is -0.224. The summed E-state index contributed by atoms with van der Waals surface area (Å²) in [4.78, 5) is 2.39. The molecule has 0 heterocycles. The fourth-order valence-electron chi connectivity index (χ4n) is 2.19. The van der Waals surface area contributed by atoms with Gasteiger partial charge in [0.15, 0.2) is 0 Å². The standard InChI is InChI=1S/C15H24ClFN2/c1-4-19(5-2)9-8-14(18-3)11-12-10-13(17)6-7-15(12)16/h6-7,10,14,18H,4-5,8-9,11H2,1-3H3. The minimum absolute atomic E-state index is 0.224. The summed E-state index contributed by atoms with van der Waals surface area (Å²) in [5, 5.41) is 3.94. The van der Waals surface area contributed by atoms with Crippen molar-refractivity contribution in [2.24, 2.45) is 0 Å². The number of benzene rings is 1. The lowest BCUT2D eigenvalue weighted by Crippen LogP contribution is -2.34. The predicted octanol–water partition coefficient (Wildman–Crippen LogP) is 3.34. The third kappa shape index (κ3) is 5.47. The fourth-order valence-corrected chi connectivity index (χ4v) is 2.39. The smallest absolute Gasteiger partial charge is 0.123 e. The molecule has 0 radical (unpaired) electrons. The summed E-state index contributed by atoms with van der Waals surface area (Å²) in [5.41, 5.74) is 0.876. The number of nitrogens with one attached hydrogen (secondary N) is 1. The minimum Gasteiger partial charge on any atom is -0.317 e. The lowest BCUT2D eigenvalue weighted by atomic mass is 10.0. The molecule has 0 aliphatic carbocycles. The molecule has 108 valence electrons. The third-order valence-electron chi connectivity index (χ3n) is 3.57. The van der Waals surface area contributed by atoms with Crippen LogP contribution in [0.2, 0.25) is 5.02 Å². The van der Waals surface area contributed by atoms with E-state index < -0.39 is 0 Å². The molecule has 0 bridgehead atoms. The summed E-state index contributed by atoms with van der Waals surface area (Å²) in [6.45, 7) is 7.51. The minimum atomic E-state index is -0.224. The monoisotopic (exact) mass is 286 g/mol. The molecule has 0 amide bonds. The lowest BCUT2D eigenvalue weighted by Gasteiger charge is -2.23. The first kappa shape index (κ1) is 16.4. The van der Waals surface area contributed by atoms with Crippen LogP contribution in [-0.4, -0.2) is 37.6 Å². The number of halogens is 2. The first-order chi connectivity index (χ1) is 9.10. The Morgan fingerprint density at radius 2 is 2.00 bits per heavy atom. The lowest BCUT2D eigenvalue weighted by molar-refractivity contribution is 0.283. The molecule has 1 atom stereocenters. The molecule has 1 unspecified atom stereocenters. The molecule has 1 aromatic rings. The quantitative estimate of drug-likeness (QED) is 0.788. The van der Waals surface area contributed by atoms with Crippen molar-refractivity contribution >= 4 is 11.6 Å². The van der Waals surface area contributed by atoms with E-state index in [2.05, 4.69) is 24.1 Å². The van der Waals surface area contributed by atoms with Crippen molar-refractivity contribution in [1.29, 1.82) is 0 Å². The van der Waals surface area contributed by atoms with Gasteiger partial charge in [-0.15, -0.1) is 0 Å². The zero-order valence-electron chi connectivity index (χ0n) is 12.0. The molecule has 1 rings (SSSR count). The Labute approximate surface area is 120 Å². The molecule has 0 aliphatic heterocycles. The Bertz CT molecular complexity index is 380. The second kappa shape index (κ2) is 8.51. The first-order valence-electron chi connectivity index (χ1n) is 6.94. The van der Waals surface area contributed by atoms with Crippen LogP contribution in [-0.2, 0) is 6.42 Å². The molecular weight excluding hydrogens is 263 g/mol. The summed E-state index contributed by atoms with van der Waals surface area (Å²) >= 11 is 6.11. The molecule has 0 saturated heterocycles. The zero-order chi connectivity index (χ0) is 14.3. The Morgan fingerprint density at radius 3 is 2.58 bits per heavy atom. The van der Waals surface area contributed by atoms with Crippen LogP contribution in [0.3, 0.4) is 0 Å². The molecular formula is C15H24ClFN2. The highest BCUT2D eigenvalue weighted by molar-refractivity contribution is 6.31. The van der Waals surface area contributed by atoms with Gasteiger partial charge in [-0.25, -0.2) is 4.39 Å². The molecule has 2 nitrogen and oxygen atoms in total. The average molecular weight is 287 g/mol. The number of nitrogens with zero attached hydrogens (tertiary/aromatic N) is 1. The van der Waals surface area contributed by atoms with Gasteiger partial charge in [-0.1, -0.05) is 25.4 Å². The van der Waals surface area contributed by atoms with Crippen LogP contribution in [0, 0.1) is 5.82 Å². The van der Waals surface area contributed by atoms with Gasteiger partial charge in [0, 0.05) is 11.1 Å². The van der Waals surface area contributed by atoms with Gasteiger partial charge in [-0.3, -0.25) is 0 Å². The topological polar surface area (TPSA) is 15.3 Å². The molecule has 0 spiro atoms. The van der Waals surface area contributed by atoms with Crippen molar-refractivity contribution in [2.45, 2.75) is 32.7 Å². The van der Waals surface area contributed by atoms with Crippen molar-refractivity contribution in [3.8, 4) is 0 Å². The van der Waals surface area contributed by atoms with Gasteiger partial charge in [0.2, 0.25) is 0 Å². The van der Waals surface area contributed by atoms with Crippen molar-refractivity contribution in [1.82, 2.24) is 10.2 Å². The van der Waals surface area contributed by atoms with Crippen molar-refractivity contribution in [2.75, 3.05) is 26.7 Å². The van der Waals surface area contributed by atoms with Gasteiger partial charge >= 0.3 is 0 Å². The normalized spacial score (nSPS) is 12.9. The summed E-state index contributed by atoms with van der Waals surface area (Å²) in [6.07, 6.45) is 1.79. The molecule has 4 heteroatoms. The molecule has 1 aromatic carbocycles. The molecule has 0 aromatic heterocycles. The highest BCUT2D eigenvalue weighted by atomic mass is 35.5. The van der Waals surface area contributed by atoms with E-state index in [0.29, 0.717) is 11.1 Å². The van der Waals surface area contributed by atoms with Crippen LogP contribution < -0.4 is 5.32 Å². The predicted molar refractivity (Wildman–Crippen MR) is 80.4 cm³/mol. The Morgan fingerprint density at radius 1 is 1.32 bits per heavy atom. The van der Waals surface area contributed by atoms with E-state index in [9.17, 15) is 4.39 Å². The van der Waals surface area contributed by atoms with E-state index in [1.54, 1.807) is 6.07 Å². The maximum atomic E-state index is 13.2. The fraction of sp³-hybridized carbons (Fsp3) is 0.600. The molecule has 0 saturated carbocycles.